The van der Waals surface area contributed by atoms with Crippen LogP contribution < -0.4 is 5.32 Å². The van der Waals surface area contributed by atoms with Gasteiger partial charge in [-0.3, -0.25) is 9.59 Å². The highest BCUT2D eigenvalue weighted by Crippen LogP contribution is 2.27. The van der Waals surface area contributed by atoms with Gasteiger partial charge in [0, 0.05) is 10.9 Å². The van der Waals surface area contributed by atoms with Crippen LogP contribution in [0.3, 0.4) is 0 Å². The summed E-state index contributed by atoms with van der Waals surface area (Å²) >= 11 is 1.48. The first-order valence-electron chi connectivity index (χ1n) is 9.31. The Labute approximate surface area is 154 Å². The lowest BCUT2D eigenvalue weighted by atomic mass is 9.86. The molecule has 0 aliphatic heterocycles. The molecule has 1 aromatic rings. The lowest BCUT2D eigenvalue weighted by Crippen LogP contribution is -2.43. The zero-order valence-electron chi connectivity index (χ0n) is 14.9. The zero-order chi connectivity index (χ0) is 17.6. The van der Waals surface area contributed by atoms with Gasteiger partial charge in [0.15, 0.2) is 6.61 Å². The van der Waals surface area contributed by atoms with Gasteiger partial charge in [-0.1, -0.05) is 25.8 Å². The topological polar surface area (TPSA) is 55.4 Å². The Morgan fingerprint density at radius 1 is 1.16 bits per heavy atom. The molecule has 1 amide bonds. The average molecular weight is 362 g/mol. The number of amides is 1. The minimum Gasteiger partial charge on any atom is -0.455 e. The van der Waals surface area contributed by atoms with Gasteiger partial charge in [-0.15, -0.1) is 11.8 Å². The van der Waals surface area contributed by atoms with E-state index in [0.717, 1.165) is 37.0 Å². The van der Waals surface area contributed by atoms with Crippen LogP contribution in [0.2, 0.25) is 0 Å². The van der Waals surface area contributed by atoms with E-state index in [1.54, 1.807) is 0 Å². The van der Waals surface area contributed by atoms with Crippen LogP contribution in [-0.4, -0.2) is 30.3 Å². The van der Waals surface area contributed by atoms with Crippen LogP contribution >= 0.6 is 11.8 Å². The number of benzene rings is 1. The summed E-state index contributed by atoms with van der Waals surface area (Å²) in [7, 11) is 0. The molecule has 0 unspecified atom stereocenters. The van der Waals surface area contributed by atoms with Crippen molar-refractivity contribution in [2.75, 3.05) is 12.4 Å². The molecule has 0 bridgehead atoms. The van der Waals surface area contributed by atoms with Crippen molar-refractivity contribution in [1.29, 1.82) is 0 Å². The number of fused-ring (bicyclic) bond motifs is 1. The van der Waals surface area contributed by atoms with Crippen LogP contribution in [-0.2, 0) is 27.2 Å². The first-order chi connectivity index (χ1) is 12.1. The first-order valence-corrected chi connectivity index (χ1v) is 10.3. The van der Waals surface area contributed by atoms with E-state index in [2.05, 4.69) is 30.4 Å². The second-order valence-corrected chi connectivity index (χ2v) is 8.22. The van der Waals surface area contributed by atoms with E-state index < -0.39 is 0 Å². The van der Waals surface area contributed by atoms with Crippen molar-refractivity contribution in [2.45, 2.75) is 62.8 Å². The molecule has 4 nitrogen and oxygen atoms in total. The predicted molar refractivity (Wildman–Crippen MR) is 99.7 cm³/mol. The molecule has 0 heterocycles. The molecule has 5 heteroatoms. The van der Waals surface area contributed by atoms with Gasteiger partial charge in [0.1, 0.15) is 0 Å². The highest BCUT2D eigenvalue weighted by atomic mass is 32.2. The summed E-state index contributed by atoms with van der Waals surface area (Å²) in [5.74, 6) is 0.224. The molecule has 3 rings (SSSR count). The van der Waals surface area contributed by atoms with E-state index in [4.69, 9.17) is 4.74 Å². The molecule has 136 valence electrons. The molecule has 2 atom stereocenters. The summed E-state index contributed by atoms with van der Waals surface area (Å²) in [4.78, 5) is 25.0. The van der Waals surface area contributed by atoms with Crippen molar-refractivity contribution >= 4 is 23.6 Å². The third-order valence-corrected chi connectivity index (χ3v) is 6.22. The second kappa shape index (κ2) is 8.75. The Balaban J connectivity index is 1.37. The summed E-state index contributed by atoms with van der Waals surface area (Å²) in [6.45, 7) is 2.00. The van der Waals surface area contributed by atoms with Crippen LogP contribution in [0.5, 0.6) is 0 Å². The predicted octanol–water partition coefficient (Wildman–Crippen LogP) is 3.51. The molecule has 1 aromatic carbocycles. The lowest BCUT2D eigenvalue weighted by Gasteiger charge is -2.29. The smallest absolute Gasteiger partial charge is 0.316 e. The summed E-state index contributed by atoms with van der Waals surface area (Å²) < 4.78 is 5.12. The molecule has 0 spiro atoms. The van der Waals surface area contributed by atoms with Gasteiger partial charge in [0.05, 0.1) is 5.75 Å². The fourth-order valence-corrected chi connectivity index (χ4v) is 4.50. The van der Waals surface area contributed by atoms with Crippen LogP contribution in [0.15, 0.2) is 23.1 Å². The van der Waals surface area contributed by atoms with Gasteiger partial charge < -0.3 is 10.1 Å². The Bertz CT molecular complexity index is 631. The minimum absolute atomic E-state index is 0.174. The molecule has 25 heavy (non-hydrogen) atoms. The van der Waals surface area contributed by atoms with E-state index in [1.165, 1.54) is 35.7 Å². The molecule has 1 fully saturated rings. The average Bonchev–Trinajstić information content (AvgIpc) is 3.08. The molecule has 1 N–H and O–H groups in total. The third-order valence-electron chi connectivity index (χ3n) is 5.25. The van der Waals surface area contributed by atoms with Gasteiger partial charge in [-0.2, -0.15) is 0 Å². The molecule has 0 saturated heterocycles. The van der Waals surface area contributed by atoms with Gasteiger partial charge in [-0.05, 0) is 61.3 Å². The van der Waals surface area contributed by atoms with E-state index in [9.17, 15) is 9.59 Å². The van der Waals surface area contributed by atoms with E-state index in [-0.39, 0.29) is 30.3 Å². The fraction of sp³-hybridized carbons (Fsp3) is 0.600. The summed E-state index contributed by atoms with van der Waals surface area (Å²) in [6.07, 6.45) is 8.09. The Kier molecular flexibility index (Phi) is 6.40. The number of thioether (sulfide) groups is 1. The van der Waals surface area contributed by atoms with E-state index in [1.807, 2.05) is 0 Å². The number of hydrogen-bond donors (Lipinski definition) is 1. The quantitative estimate of drug-likeness (QED) is 0.622. The normalized spacial score (nSPS) is 22.3. The van der Waals surface area contributed by atoms with Crippen LogP contribution in [0, 0.1) is 5.92 Å². The number of hydrogen-bond acceptors (Lipinski definition) is 4. The van der Waals surface area contributed by atoms with Crippen LogP contribution in [0.1, 0.15) is 50.2 Å². The fourth-order valence-electron chi connectivity index (χ4n) is 3.75. The van der Waals surface area contributed by atoms with Crippen molar-refractivity contribution in [1.82, 2.24) is 5.32 Å². The molecule has 0 aromatic heterocycles. The monoisotopic (exact) mass is 361 g/mol. The number of esters is 1. The summed E-state index contributed by atoms with van der Waals surface area (Å²) in [5.41, 5.74) is 2.83. The van der Waals surface area contributed by atoms with Crippen molar-refractivity contribution in [3.8, 4) is 0 Å². The standard InChI is InChI=1S/C20H27NO3S/c1-14-5-2-3-8-18(14)21-19(22)12-24-20(23)13-25-17-10-9-15-6-4-7-16(15)11-17/h9-11,14,18H,2-8,12-13H2,1H3,(H,21,22)/t14-,18+/m1/s1. The van der Waals surface area contributed by atoms with Gasteiger partial charge in [0.2, 0.25) is 0 Å². The summed E-state index contributed by atoms with van der Waals surface area (Å²) in [5, 5.41) is 3.00. The molecular formula is C20H27NO3S. The molecule has 1 saturated carbocycles. The van der Waals surface area contributed by atoms with Crippen LogP contribution in [0.4, 0.5) is 0 Å². The Morgan fingerprint density at radius 2 is 1.96 bits per heavy atom. The zero-order valence-corrected chi connectivity index (χ0v) is 15.7. The Hall–Kier alpha value is -1.49. The van der Waals surface area contributed by atoms with E-state index in [0.29, 0.717) is 5.92 Å². The highest BCUT2D eigenvalue weighted by molar-refractivity contribution is 8.00. The molecular weight excluding hydrogens is 334 g/mol. The van der Waals surface area contributed by atoms with Crippen molar-refractivity contribution < 1.29 is 14.3 Å². The number of carbonyl (C=O) groups excluding carboxylic acids is 2. The Morgan fingerprint density at radius 3 is 2.80 bits per heavy atom. The van der Waals surface area contributed by atoms with Gasteiger partial charge in [0.25, 0.3) is 5.91 Å². The van der Waals surface area contributed by atoms with Crippen molar-refractivity contribution in [2.24, 2.45) is 5.92 Å². The largest absolute Gasteiger partial charge is 0.455 e. The van der Waals surface area contributed by atoms with Crippen molar-refractivity contribution in [3.63, 3.8) is 0 Å². The molecule has 2 aliphatic rings. The lowest BCUT2D eigenvalue weighted by molar-refractivity contribution is -0.146. The number of ether oxygens (including phenoxy) is 1. The maximum Gasteiger partial charge on any atom is 0.316 e. The minimum atomic E-state index is -0.336. The van der Waals surface area contributed by atoms with Gasteiger partial charge >= 0.3 is 5.97 Å². The van der Waals surface area contributed by atoms with Gasteiger partial charge in [-0.25, -0.2) is 0 Å². The maximum absolute atomic E-state index is 12.0. The summed E-state index contributed by atoms with van der Waals surface area (Å²) in [6, 6.07) is 6.63. The highest BCUT2D eigenvalue weighted by Gasteiger charge is 2.23. The van der Waals surface area contributed by atoms with Crippen LogP contribution in [0.25, 0.3) is 0 Å². The third kappa shape index (κ3) is 5.24. The molecule has 2 aliphatic carbocycles. The number of nitrogens with one attached hydrogen (secondary N) is 1. The SMILES string of the molecule is C[C@@H]1CCCC[C@@H]1NC(=O)COC(=O)CSc1ccc2c(c1)CCC2. The number of aryl methyl sites for hydroxylation is 2. The number of carbonyl (C=O) groups is 2. The van der Waals surface area contributed by atoms with Crippen molar-refractivity contribution in [3.05, 3.63) is 29.3 Å². The number of rotatable bonds is 6. The second-order valence-electron chi connectivity index (χ2n) is 7.17. The first kappa shape index (κ1) is 18.3. The molecule has 0 radical (unpaired) electrons. The van der Waals surface area contributed by atoms with E-state index >= 15 is 0 Å². The maximum atomic E-state index is 12.0.